The molecule has 0 amide bonds. The summed E-state index contributed by atoms with van der Waals surface area (Å²) in [6.45, 7) is 0. The summed E-state index contributed by atoms with van der Waals surface area (Å²) in [5.41, 5.74) is 4.77. The predicted octanol–water partition coefficient (Wildman–Crippen LogP) is 3.72. The second-order valence-electron chi connectivity index (χ2n) is 5.21. The van der Waals surface area contributed by atoms with Crippen molar-refractivity contribution in [3.05, 3.63) is 99.7 Å². The van der Waals surface area contributed by atoms with Crippen LogP contribution in [0.5, 0.6) is 0 Å². The van der Waals surface area contributed by atoms with Crippen molar-refractivity contribution in [1.82, 2.24) is 0 Å². The van der Waals surface area contributed by atoms with E-state index in [1.54, 1.807) is 54.6 Å². The first kappa shape index (κ1) is 16.4. The first-order valence-electron chi connectivity index (χ1n) is 7.41. The van der Waals surface area contributed by atoms with Gasteiger partial charge < -0.3 is 5.21 Å². The molecule has 24 heavy (non-hydrogen) atoms. The fourth-order valence-electron chi connectivity index (χ4n) is 2.38. The highest BCUT2D eigenvalue weighted by Crippen LogP contribution is 2.19. The van der Waals surface area contributed by atoms with Gasteiger partial charge in [0.15, 0.2) is 11.5 Å². The zero-order chi connectivity index (χ0) is 16.9. The van der Waals surface area contributed by atoms with Gasteiger partial charge >= 0.3 is 0 Å². The Kier molecular flexibility index (Phi) is 5.05. The van der Waals surface area contributed by atoms with Gasteiger partial charge in [-0.1, -0.05) is 58.4 Å². The summed E-state index contributed by atoms with van der Waals surface area (Å²) >= 11 is 3.36. The molecule has 0 aliphatic carbocycles. The Hall–Kier alpha value is -2.47. The van der Waals surface area contributed by atoms with Gasteiger partial charge in [-0.15, -0.1) is 0 Å². The third kappa shape index (κ3) is 3.71. The summed E-state index contributed by atoms with van der Waals surface area (Å²) < 4.78 is 0.819. The lowest BCUT2D eigenvalue weighted by molar-refractivity contribution is -0.749. The SMILES string of the molecule is O=C(c1cccc(Br)c1)c1ccccc1[NH+]([O-])Nc1ccccc1. The van der Waals surface area contributed by atoms with Crippen LogP contribution in [0.4, 0.5) is 11.4 Å². The molecule has 3 aromatic carbocycles. The monoisotopic (exact) mass is 382 g/mol. The summed E-state index contributed by atoms with van der Waals surface area (Å²) in [6, 6.07) is 23.1. The van der Waals surface area contributed by atoms with E-state index in [0.717, 1.165) is 4.47 Å². The predicted molar refractivity (Wildman–Crippen MR) is 98.1 cm³/mol. The number of quaternary nitrogens is 1. The number of para-hydroxylation sites is 2. The van der Waals surface area contributed by atoms with E-state index in [9.17, 15) is 10.0 Å². The topological polar surface area (TPSA) is 56.6 Å². The smallest absolute Gasteiger partial charge is 0.199 e. The Morgan fingerprint density at radius 3 is 2.38 bits per heavy atom. The van der Waals surface area contributed by atoms with Crippen LogP contribution in [0.25, 0.3) is 0 Å². The van der Waals surface area contributed by atoms with E-state index in [-0.39, 0.29) is 11.0 Å². The summed E-state index contributed by atoms with van der Waals surface area (Å²) in [5.74, 6) is -0.185. The van der Waals surface area contributed by atoms with Crippen molar-refractivity contribution in [2.24, 2.45) is 0 Å². The van der Waals surface area contributed by atoms with E-state index >= 15 is 0 Å². The maximum absolute atomic E-state index is 12.8. The molecule has 3 rings (SSSR count). The largest absolute Gasteiger partial charge is 0.603 e. The van der Waals surface area contributed by atoms with Crippen molar-refractivity contribution in [1.29, 1.82) is 0 Å². The number of rotatable bonds is 5. The summed E-state index contributed by atoms with van der Waals surface area (Å²) in [5, 5.41) is 12.3. The Bertz CT molecular complexity index is 853. The van der Waals surface area contributed by atoms with E-state index < -0.39 is 0 Å². The molecule has 120 valence electrons. The molecule has 0 radical (unpaired) electrons. The summed E-state index contributed by atoms with van der Waals surface area (Å²) in [7, 11) is 0. The third-order valence-electron chi connectivity index (χ3n) is 3.53. The number of halogens is 1. The second-order valence-corrected chi connectivity index (χ2v) is 6.12. The van der Waals surface area contributed by atoms with Crippen LogP contribution in [0, 0.1) is 5.21 Å². The molecule has 0 fully saturated rings. The first-order chi connectivity index (χ1) is 11.6. The van der Waals surface area contributed by atoms with E-state index in [4.69, 9.17) is 0 Å². The number of nitrogens with one attached hydrogen (secondary N) is 2. The molecule has 0 bridgehead atoms. The van der Waals surface area contributed by atoms with Gasteiger partial charge in [0.05, 0.1) is 11.3 Å². The molecule has 0 aromatic heterocycles. The molecule has 0 heterocycles. The number of hydrogen-bond donors (Lipinski definition) is 2. The van der Waals surface area contributed by atoms with Crippen LogP contribution in [0.3, 0.4) is 0 Å². The van der Waals surface area contributed by atoms with Crippen LogP contribution in [0.15, 0.2) is 83.3 Å². The fourth-order valence-corrected chi connectivity index (χ4v) is 2.78. The standard InChI is InChI=1S/C19H15BrN2O2/c20-15-8-6-7-14(13-15)19(23)17-11-4-5-12-18(17)22(24)21-16-9-2-1-3-10-16/h1-13,21-22H. The van der Waals surface area contributed by atoms with Crippen molar-refractivity contribution in [3.63, 3.8) is 0 Å². The molecule has 2 N–H and O–H groups in total. The van der Waals surface area contributed by atoms with Crippen LogP contribution >= 0.6 is 15.9 Å². The van der Waals surface area contributed by atoms with E-state index in [1.165, 1.54) is 0 Å². The quantitative estimate of drug-likeness (QED) is 0.522. The van der Waals surface area contributed by atoms with E-state index in [2.05, 4.69) is 21.4 Å². The Morgan fingerprint density at radius 2 is 1.62 bits per heavy atom. The molecule has 1 atom stereocenters. The van der Waals surface area contributed by atoms with Crippen LogP contribution in [-0.4, -0.2) is 5.78 Å². The minimum absolute atomic E-state index is 0.185. The minimum Gasteiger partial charge on any atom is -0.603 e. The number of carbonyl (C=O) groups excluding carboxylic acids is 1. The Balaban J connectivity index is 1.91. The van der Waals surface area contributed by atoms with Crippen molar-refractivity contribution in [2.45, 2.75) is 0 Å². The first-order valence-corrected chi connectivity index (χ1v) is 8.20. The average molecular weight is 383 g/mol. The second kappa shape index (κ2) is 7.40. The van der Waals surface area contributed by atoms with Gasteiger partial charge in [-0.2, -0.15) is 0 Å². The Morgan fingerprint density at radius 1 is 0.917 bits per heavy atom. The lowest BCUT2D eigenvalue weighted by atomic mass is 10.0. The number of benzene rings is 3. The average Bonchev–Trinajstić information content (AvgIpc) is 2.62. The number of anilines is 1. The highest BCUT2D eigenvalue weighted by atomic mass is 79.9. The van der Waals surface area contributed by atoms with Gasteiger partial charge in [0, 0.05) is 16.1 Å². The lowest BCUT2D eigenvalue weighted by Crippen LogP contribution is -3.06. The van der Waals surface area contributed by atoms with E-state index in [0.29, 0.717) is 22.5 Å². The zero-order valence-electron chi connectivity index (χ0n) is 12.7. The van der Waals surface area contributed by atoms with Gasteiger partial charge in [-0.3, -0.25) is 4.79 Å². The lowest BCUT2D eigenvalue weighted by Gasteiger charge is -2.24. The fraction of sp³-hybridized carbons (Fsp3) is 0. The molecule has 0 aliphatic heterocycles. The molecular formula is C19H15BrN2O2. The van der Waals surface area contributed by atoms with Crippen molar-refractivity contribution < 1.29 is 9.97 Å². The van der Waals surface area contributed by atoms with Crippen molar-refractivity contribution in [3.8, 4) is 0 Å². The molecule has 4 nitrogen and oxygen atoms in total. The maximum Gasteiger partial charge on any atom is 0.199 e. The van der Waals surface area contributed by atoms with Crippen LogP contribution < -0.4 is 10.6 Å². The van der Waals surface area contributed by atoms with Gasteiger partial charge in [0.25, 0.3) is 0 Å². The maximum atomic E-state index is 12.8. The molecule has 0 aliphatic rings. The normalized spacial score (nSPS) is 11.8. The number of hydrogen-bond acceptors (Lipinski definition) is 3. The summed E-state index contributed by atoms with van der Waals surface area (Å²) in [6.07, 6.45) is 0. The number of carbonyl (C=O) groups is 1. The van der Waals surface area contributed by atoms with Gasteiger partial charge in [0.1, 0.15) is 0 Å². The molecule has 0 saturated heterocycles. The molecule has 0 saturated carbocycles. The highest BCUT2D eigenvalue weighted by molar-refractivity contribution is 9.10. The zero-order valence-corrected chi connectivity index (χ0v) is 14.3. The van der Waals surface area contributed by atoms with Crippen molar-refractivity contribution in [2.75, 3.05) is 5.43 Å². The van der Waals surface area contributed by atoms with Gasteiger partial charge in [-0.25, -0.2) is 10.6 Å². The molecule has 1 unspecified atom stereocenters. The molecule has 5 heteroatoms. The van der Waals surface area contributed by atoms with Crippen molar-refractivity contribution >= 4 is 33.1 Å². The summed E-state index contributed by atoms with van der Waals surface area (Å²) in [4.78, 5) is 12.8. The highest BCUT2D eigenvalue weighted by Gasteiger charge is 2.18. The number of ketones is 1. The van der Waals surface area contributed by atoms with Gasteiger partial charge in [-0.05, 0) is 30.3 Å². The van der Waals surface area contributed by atoms with Crippen LogP contribution in [0.1, 0.15) is 15.9 Å². The van der Waals surface area contributed by atoms with E-state index in [1.807, 2.05) is 24.3 Å². The Labute approximate surface area is 148 Å². The molecule has 3 aromatic rings. The van der Waals surface area contributed by atoms with Gasteiger partial charge in [0.2, 0.25) is 0 Å². The third-order valence-corrected chi connectivity index (χ3v) is 4.03. The minimum atomic E-state index is -0.305. The van der Waals surface area contributed by atoms with Crippen LogP contribution in [-0.2, 0) is 0 Å². The van der Waals surface area contributed by atoms with Crippen LogP contribution in [0.2, 0.25) is 0 Å². The molecule has 0 spiro atoms. The molecular weight excluding hydrogens is 368 g/mol.